The van der Waals surface area contributed by atoms with Gasteiger partial charge in [0.1, 0.15) is 6.04 Å². The van der Waals surface area contributed by atoms with Crippen molar-refractivity contribution in [1.82, 2.24) is 31.5 Å². The number of likely N-dealkylation sites (tertiary alicyclic amines) is 1. The van der Waals surface area contributed by atoms with E-state index < -0.39 is 12.1 Å². The van der Waals surface area contributed by atoms with Crippen LogP contribution in [0, 0.1) is 46.3 Å². The first-order valence-electron chi connectivity index (χ1n) is 19.8. The predicted molar refractivity (Wildman–Crippen MR) is 215 cm³/mol. The van der Waals surface area contributed by atoms with Crippen molar-refractivity contribution in [3.8, 4) is 12.3 Å². The summed E-state index contributed by atoms with van der Waals surface area (Å²) in [4.78, 5) is 30.1. The van der Waals surface area contributed by atoms with Crippen molar-refractivity contribution >= 4 is 11.8 Å². The molecule has 0 aromatic rings. The average Bonchev–Trinajstić information content (AvgIpc) is 3.96. The normalized spacial score (nSPS) is 24.5. The Bertz CT molecular complexity index is 1400. The van der Waals surface area contributed by atoms with Gasteiger partial charge in [0.2, 0.25) is 11.8 Å². The third-order valence-electron chi connectivity index (χ3n) is 12.6. The van der Waals surface area contributed by atoms with Crippen LogP contribution in [-0.2, 0) is 9.59 Å². The number of nitrogens with one attached hydrogen (secondary N) is 5. The maximum atomic E-state index is 15.1. The van der Waals surface area contributed by atoms with Crippen molar-refractivity contribution in [1.29, 1.82) is 0 Å². The van der Waals surface area contributed by atoms with E-state index in [1.54, 1.807) is 6.08 Å². The first-order valence-corrected chi connectivity index (χ1v) is 19.8. The lowest BCUT2D eigenvalue weighted by molar-refractivity contribution is -0.139. The molecule has 8 heteroatoms. The summed E-state index contributed by atoms with van der Waals surface area (Å²) in [5, 5.41) is 17.3. The van der Waals surface area contributed by atoms with Gasteiger partial charge in [-0.05, 0) is 78.9 Å². The van der Waals surface area contributed by atoms with Crippen molar-refractivity contribution in [3.63, 3.8) is 0 Å². The standard InChI is InChI=1S/C44H70N6O2/c1-13-15-19-35(30(4)40(51)45-26-14-2)47-31(5)38-37-34(43(37,10)11)28-50(38)41(52)39(44(12)24-17-16-18-25-44)49-32(6)48-36(42(7,8)9)23-20-29(3)46-27-33-21-22-33/h1,14,33-39,46-49H,2-6,15-28H2,7-12H3,(H,45,51)/t34-,35?,36?,37-,38?,39?/m0/s1. The van der Waals surface area contributed by atoms with E-state index in [1.807, 2.05) is 0 Å². The van der Waals surface area contributed by atoms with Crippen LogP contribution in [0.25, 0.3) is 0 Å². The second-order valence-corrected chi connectivity index (χ2v) is 18.2. The van der Waals surface area contributed by atoms with Gasteiger partial charge < -0.3 is 31.5 Å². The molecule has 0 radical (unpaired) electrons. The Balaban J connectivity index is 1.54. The summed E-state index contributed by atoms with van der Waals surface area (Å²) in [6.45, 7) is 36.8. The minimum absolute atomic E-state index is 0.0332. The van der Waals surface area contributed by atoms with Crippen LogP contribution in [-0.4, -0.2) is 60.5 Å². The van der Waals surface area contributed by atoms with Crippen LogP contribution in [0.15, 0.2) is 61.8 Å². The summed E-state index contributed by atoms with van der Waals surface area (Å²) in [7, 11) is 0. The third kappa shape index (κ3) is 10.1. The summed E-state index contributed by atoms with van der Waals surface area (Å²) in [6, 6.07) is -0.944. The molecule has 0 aromatic heterocycles. The third-order valence-corrected chi connectivity index (χ3v) is 12.6. The molecule has 8 nitrogen and oxygen atoms in total. The Morgan fingerprint density at radius 3 is 2.25 bits per heavy atom. The largest absolute Gasteiger partial charge is 0.389 e. The molecule has 4 aliphatic rings. The number of fused-ring (bicyclic) bond motifs is 1. The van der Waals surface area contributed by atoms with Crippen LogP contribution in [0.4, 0.5) is 0 Å². The summed E-state index contributed by atoms with van der Waals surface area (Å²) in [6.07, 6.45) is 18.1. The van der Waals surface area contributed by atoms with Gasteiger partial charge in [0, 0.05) is 49.1 Å². The molecule has 0 spiro atoms. The molecule has 4 rings (SSSR count). The lowest BCUT2D eigenvalue weighted by atomic mass is 9.70. The number of hydrogen-bond acceptors (Lipinski definition) is 6. The van der Waals surface area contributed by atoms with Crippen LogP contribution in [0.1, 0.15) is 112 Å². The smallest absolute Gasteiger partial charge is 0.248 e. The molecule has 288 valence electrons. The van der Waals surface area contributed by atoms with E-state index >= 15 is 4.79 Å². The van der Waals surface area contributed by atoms with Gasteiger partial charge in [0.05, 0.1) is 17.9 Å². The fraction of sp³-hybridized carbons (Fsp3) is 0.682. The zero-order valence-corrected chi connectivity index (χ0v) is 33.4. The number of carbonyl (C=O) groups is 2. The molecule has 1 saturated heterocycles. The number of hydrogen-bond donors (Lipinski definition) is 5. The number of carbonyl (C=O) groups excluding carboxylic acids is 2. The summed E-state index contributed by atoms with van der Waals surface area (Å²) in [5.74, 6) is 4.67. The van der Waals surface area contributed by atoms with Crippen molar-refractivity contribution < 1.29 is 9.59 Å². The first kappa shape index (κ1) is 41.2. The molecule has 5 N–H and O–H groups in total. The van der Waals surface area contributed by atoms with Gasteiger partial charge in [-0.2, -0.15) is 0 Å². The maximum absolute atomic E-state index is 15.1. The second-order valence-electron chi connectivity index (χ2n) is 18.2. The Labute approximate surface area is 316 Å². The Hall–Kier alpha value is -3.60. The van der Waals surface area contributed by atoms with E-state index in [4.69, 9.17) is 6.42 Å². The van der Waals surface area contributed by atoms with Gasteiger partial charge >= 0.3 is 0 Å². The van der Waals surface area contributed by atoms with E-state index in [0.29, 0.717) is 43.2 Å². The molecule has 2 amide bonds. The molecule has 0 bridgehead atoms. The van der Waals surface area contributed by atoms with Gasteiger partial charge in [0.15, 0.2) is 0 Å². The molecular weight excluding hydrogens is 645 g/mol. The molecule has 4 unspecified atom stereocenters. The number of rotatable bonds is 21. The fourth-order valence-electron chi connectivity index (χ4n) is 8.73. The minimum Gasteiger partial charge on any atom is -0.389 e. The second kappa shape index (κ2) is 17.0. The van der Waals surface area contributed by atoms with Gasteiger partial charge in [0.25, 0.3) is 0 Å². The van der Waals surface area contributed by atoms with Gasteiger partial charge in [-0.1, -0.05) is 93.2 Å². The maximum Gasteiger partial charge on any atom is 0.248 e. The predicted octanol–water partition coefficient (Wildman–Crippen LogP) is 6.91. The number of terminal acetylenes is 1. The molecular formula is C44H70N6O2. The molecule has 0 aromatic carbocycles. The quantitative estimate of drug-likeness (QED) is 0.0504. The van der Waals surface area contributed by atoms with Crippen molar-refractivity contribution in [2.45, 2.75) is 136 Å². The van der Waals surface area contributed by atoms with Crippen molar-refractivity contribution in [3.05, 3.63) is 61.8 Å². The van der Waals surface area contributed by atoms with E-state index in [1.165, 1.54) is 19.3 Å². The lowest BCUT2D eigenvalue weighted by Crippen LogP contribution is -2.59. The summed E-state index contributed by atoms with van der Waals surface area (Å²) >= 11 is 0. The number of nitrogens with zero attached hydrogens (tertiary/aromatic N) is 1. The van der Waals surface area contributed by atoms with E-state index in [9.17, 15) is 4.79 Å². The van der Waals surface area contributed by atoms with E-state index in [0.717, 1.165) is 62.4 Å². The summed E-state index contributed by atoms with van der Waals surface area (Å²) < 4.78 is 0. The SMILES string of the molecule is C#CCCC(NC(=C)C1[C@@H]2[C@H](CN1C(=O)C(NC(=C)NC(CCC(=C)NCC1CC1)C(C)(C)C)C1(C)CCCCC1)C2(C)C)C(=C)C(=O)NCC=C. The van der Waals surface area contributed by atoms with Gasteiger partial charge in [-0.15, -0.1) is 18.9 Å². The average molecular weight is 715 g/mol. The number of piperidine rings is 1. The molecule has 4 fully saturated rings. The van der Waals surface area contributed by atoms with E-state index in [2.05, 4.69) is 112 Å². The highest BCUT2D eigenvalue weighted by molar-refractivity contribution is 5.94. The number of amides is 2. The molecule has 3 saturated carbocycles. The molecule has 3 aliphatic carbocycles. The highest BCUT2D eigenvalue weighted by Gasteiger charge is 2.68. The zero-order valence-electron chi connectivity index (χ0n) is 33.4. The highest BCUT2D eigenvalue weighted by Crippen LogP contribution is 2.66. The van der Waals surface area contributed by atoms with Crippen LogP contribution < -0.4 is 26.6 Å². The topological polar surface area (TPSA) is 97.5 Å². The van der Waals surface area contributed by atoms with Crippen LogP contribution >= 0.6 is 0 Å². The fourth-order valence-corrected chi connectivity index (χ4v) is 8.73. The Morgan fingerprint density at radius 2 is 1.65 bits per heavy atom. The lowest BCUT2D eigenvalue weighted by Gasteiger charge is -2.45. The summed E-state index contributed by atoms with van der Waals surface area (Å²) in [5.41, 5.74) is 2.04. The molecule has 52 heavy (non-hydrogen) atoms. The Kier molecular flexibility index (Phi) is 13.5. The zero-order chi connectivity index (χ0) is 38.4. The highest BCUT2D eigenvalue weighted by atomic mass is 16.2. The molecule has 6 atom stereocenters. The number of allylic oxidation sites excluding steroid dienone is 1. The van der Waals surface area contributed by atoms with E-state index in [-0.39, 0.29) is 46.1 Å². The monoisotopic (exact) mass is 715 g/mol. The van der Waals surface area contributed by atoms with Gasteiger partial charge in [-0.3, -0.25) is 9.59 Å². The van der Waals surface area contributed by atoms with Crippen molar-refractivity contribution in [2.75, 3.05) is 19.6 Å². The van der Waals surface area contributed by atoms with Crippen LogP contribution in [0.2, 0.25) is 0 Å². The molecule has 1 aliphatic heterocycles. The minimum atomic E-state index is -0.448. The van der Waals surface area contributed by atoms with Crippen LogP contribution in [0.5, 0.6) is 0 Å². The molecule has 1 heterocycles. The Morgan fingerprint density at radius 1 is 0.981 bits per heavy atom. The first-order chi connectivity index (χ1) is 24.4. The van der Waals surface area contributed by atoms with Crippen LogP contribution in [0.3, 0.4) is 0 Å². The van der Waals surface area contributed by atoms with Crippen molar-refractivity contribution in [2.24, 2.45) is 34.0 Å². The van der Waals surface area contributed by atoms with Gasteiger partial charge in [-0.25, -0.2) is 0 Å².